The molecule has 0 fully saturated rings. The number of nitrogens with zero attached hydrogens (tertiary/aromatic N) is 1. The van der Waals surface area contributed by atoms with Crippen LogP contribution in [0.15, 0.2) is 42.5 Å². The predicted molar refractivity (Wildman–Crippen MR) is 108 cm³/mol. The largest absolute Gasteiger partial charge is 0.491 e. The molecule has 0 aromatic heterocycles. The summed E-state index contributed by atoms with van der Waals surface area (Å²) in [6.07, 6.45) is 14.3. The van der Waals surface area contributed by atoms with Gasteiger partial charge in [-0.15, -0.1) is 0 Å². The summed E-state index contributed by atoms with van der Waals surface area (Å²) in [6, 6.07) is 8.02. The molecule has 1 N–H and O–H groups in total. The molecule has 0 atom stereocenters. The summed E-state index contributed by atoms with van der Waals surface area (Å²) in [5.41, 5.74) is 3.10. The van der Waals surface area contributed by atoms with Crippen LogP contribution in [0.3, 0.4) is 0 Å². The lowest BCUT2D eigenvalue weighted by Gasteiger charge is -2.30. The summed E-state index contributed by atoms with van der Waals surface area (Å²) in [5.74, 6) is 0. The predicted octanol–water partition coefficient (Wildman–Crippen LogP) is 3.98. The van der Waals surface area contributed by atoms with Gasteiger partial charge < -0.3 is 14.6 Å². The van der Waals surface area contributed by atoms with Crippen molar-refractivity contribution in [2.24, 2.45) is 0 Å². The van der Waals surface area contributed by atoms with E-state index in [0.29, 0.717) is 6.61 Å². The summed E-state index contributed by atoms with van der Waals surface area (Å²) in [7, 11) is -0.871. The average Bonchev–Trinajstić information content (AvgIpc) is 2.65. The second-order valence-electron chi connectivity index (χ2n) is 6.59. The van der Waals surface area contributed by atoms with Crippen LogP contribution in [0.1, 0.15) is 57.9 Å². The zero-order valence-corrected chi connectivity index (χ0v) is 15.8. The first-order valence-corrected chi connectivity index (χ1v) is 9.78. The molecule has 0 saturated heterocycles. The zero-order chi connectivity index (χ0) is 17.9. The van der Waals surface area contributed by atoms with Crippen LogP contribution in [-0.2, 0) is 4.65 Å². The van der Waals surface area contributed by atoms with Gasteiger partial charge in [-0.1, -0.05) is 75.4 Å². The standard InChI is InChI=1S/C21H32BNO2/c1-3-5-6-7-8-12-17-23-18-13-11-16-21(23)19-14-9-10-15-20(19)22(24)25-4-2/h9-11,13-16,24H,3-8,12,17-18H2,1-2H3. The van der Waals surface area contributed by atoms with E-state index in [4.69, 9.17) is 4.65 Å². The van der Waals surface area contributed by atoms with E-state index in [1.165, 1.54) is 44.2 Å². The fraction of sp³-hybridized carbons (Fsp3) is 0.524. The van der Waals surface area contributed by atoms with Crippen LogP contribution in [0, 0.1) is 0 Å². The molecule has 136 valence electrons. The lowest BCUT2D eigenvalue weighted by atomic mass is 9.75. The van der Waals surface area contributed by atoms with Gasteiger partial charge in [-0.3, -0.25) is 0 Å². The third-order valence-corrected chi connectivity index (χ3v) is 4.67. The van der Waals surface area contributed by atoms with Crippen molar-refractivity contribution in [2.75, 3.05) is 19.7 Å². The highest BCUT2D eigenvalue weighted by atomic mass is 16.5. The molecule has 4 heteroatoms. The fourth-order valence-corrected chi connectivity index (χ4v) is 3.30. The molecular weight excluding hydrogens is 309 g/mol. The fourth-order valence-electron chi connectivity index (χ4n) is 3.30. The number of allylic oxidation sites excluding steroid dienone is 2. The van der Waals surface area contributed by atoms with E-state index >= 15 is 0 Å². The first-order valence-electron chi connectivity index (χ1n) is 9.78. The van der Waals surface area contributed by atoms with Gasteiger partial charge >= 0.3 is 7.12 Å². The Labute approximate surface area is 153 Å². The Kier molecular flexibility index (Phi) is 8.85. The molecule has 2 rings (SSSR count). The van der Waals surface area contributed by atoms with Gasteiger partial charge in [0.1, 0.15) is 0 Å². The molecule has 1 aromatic rings. The van der Waals surface area contributed by atoms with Crippen LogP contribution >= 0.6 is 0 Å². The third-order valence-electron chi connectivity index (χ3n) is 4.67. The summed E-state index contributed by atoms with van der Waals surface area (Å²) in [4.78, 5) is 2.41. The highest BCUT2D eigenvalue weighted by Gasteiger charge is 2.23. The van der Waals surface area contributed by atoms with Crippen molar-refractivity contribution in [1.29, 1.82) is 0 Å². The number of rotatable bonds is 11. The molecule has 1 aliphatic rings. The molecule has 1 aliphatic heterocycles. The van der Waals surface area contributed by atoms with Crippen molar-refractivity contribution in [3.8, 4) is 0 Å². The minimum absolute atomic E-state index is 0.496. The first-order chi connectivity index (χ1) is 12.3. The third kappa shape index (κ3) is 6.05. The van der Waals surface area contributed by atoms with Crippen LogP contribution in [0.5, 0.6) is 0 Å². The summed E-state index contributed by atoms with van der Waals surface area (Å²) in [6.45, 7) is 6.64. The van der Waals surface area contributed by atoms with Gasteiger partial charge in [-0.2, -0.15) is 0 Å². The van der Waals surface area contributed by atoms with Gasteiger partial charge in [0.15, 0.2) is 0 Å². The highest BCUT2D eigenvalue weighted by molar-refractivity contribution is 6.61. The maximum atomic E-state index is 10.3. The summed E-state index contributed by atoms with van der Waals surface area (Å²) >= 11 is 0. The smallest absolute Gasteiger partial charge is 0.423 e. The molecule has 1 heterocycles. The Balaban J connectivity index is 2.03. The van der Waals surface area contributed by atoms with Crippen LogP contribution in [0.4, 0.5) is 0 Å². The van der Waals surface area contributed by atoms with Gasteiger partial charge in [0.2, 0.25) is 0 Å². The molecule has 0 bridgehead atoms. The van der Waals surface area contributed by atoms with E-state index in [1.807, 2.05) is 25.1 Å². The Morgan fingerprint density at radius 1 is 1.08 bits per heavy atom. The monoisotopic (exact) mass is 341 g/mol. The van der Waals surface area contributed by atoms with E-state index in [2.05, 4.69) is 36.1 Å². The Morgan fingerprint density at radius 3 is 2.64 bits per heavy atom. The van der Waals surface area contributed by atoms with Gasteiger partial charge in [0, 0.05) is 25.4 Å². The normalized spacial score (nSPS) is 13.9. The number of hydrogen-bond donors (Lipinski definition) is 1. The maximum absolute atomic E-state index is 10.3. The molecule has 3 nitrogen and oxygen atoms in total. The Hall–Kier alpha value is -1.52. The van der Waals surface area contributed by atoms with Gasteiger partial charge in [0.25, 0.3) is 0 Å². The van der Waals surface area contributed by atoms with Crippen molar-refractivity contribution in [3.05, 3.63) is 48.1 Å². The molecule has 0 spiro atoms. The van der Waals surface area contributed by atoms with E-state index in [0.717, 1.165) is 24.1 Å². The van der Waals surface area contributed by atoms with E-state index in [1.54, 1.807) is 0 Å². The molecule has 0 unspecified atom stereocenters. The Bertz CT molecular complexity index is 571. The number of benzene rings is 1. The average molecular weight is 341 g/mol. The van der Waals surface area contributed by atoms with Crippen molar-refractivity contribution in [1.82, 2.24) is 4.90 Å². The SMILES string of the molecule is CCCCCCCCN1CC=CC=C1c1ccccc1B(O)OCC. The van der Waals surface area contributed by atoms with Crippen molar-refractivity contribution in [2.45, 2.75) is 52.4 Å². The summed E-state index contributed by atoms with van der Waals surface area (Å²) in [5, 5.41) is 10.3. The first kappa shape index (κ1) is 19.8. The van der Waals surface area contributed by atoms with Crippen molar-refractivity contribution >= 4 is 18.3 Å². The van der Waals surface area contributed by atoms with Crippen LogP contribution in [0.25, 0.3) is 5.70 Å². The molecule has 0 saturated carbocycles. The highest BCUT2D eigenvalue weighted by Crippen LogP contribution is 2.22. The molecule has 25 heavy (non-hydrogen) atoms. The number of unbranched alkanes of at least 4 members (excludes halogenated alkanes) is 5. The van der Waals surface area contributed by atoms with E-state index in [9.17, 15) is 5.02 Å². The molecular formula is C21H32BNO2. The maximum Gasteiger partial charge on any atom is 0.491 e. The van der Waals surface area contributed by atoms with Crippen molar-refractivity contribution in [3.63, 3.8) is 0 Å². The van der Waals surface area contributed by atoms with Crippen molar-refractivity contribution < 1.29 is 9.68 Å². The van der Waals surface area contributed by atoms with Gasteiger partial charge in [-0.05, 0) is 30.4 Å². The topological polar surface area (TPSA) is 32.7 Å². The van der Waals surface area contributed by atoms with Crippen LogP contribution < -0.4 is 5.46 Å². The molecule has 1 aromatic carbocycles. The molecule has 0 radical (unpaired) electrons. The lowest BCUT2D eigenvalue weighted by Crippen LogP contribution is -2.38. The van der Waals surface area contributed by atoms with E-state index in [-0.39, 0.29) is 0 Å². The molecule has 0 amide bonds. The lowest BCUT2D eigenvalue weighted by molar-refractivity contribution is 0.287. The van der Waals surface area contributed by atoms with E-state index < -0.39 is 7.12 Å². The second-order valence-corrected chi connectivity index (χ2v) is 6.59. The second kappa shape index (κ2) is 11.2. The minimum atomic E-state index is -0.871. The Morgan fingerprint density at radius 2 is 1.84 bits per heavy atom. The van der Waals surface area contributed by atoms with Crippen LogP contribution in [-0.4, -0.2) is 36.7 Å². The summed E-state index contributed by atoms with van der Waals surface area (Å²) < 4.78 is 5.42. The van der Waals surface area contributed by atoms with Gasteiger partial charge in [-0.25, -0.2) is 0 Å². The zero-order valence-electron chi connectivity index (χ0n) is 15.8. The minimum Gasteiger partial charge on any atom is -0.423 e. The van der Waals surface area contributed by atoms with Gasteiger partial charge in [0.05, 0.1) is 0 Å². The molecule has 0 aliphatic carbocycles. The quantitative estimate of drug-likeness (QED) is 0.488. The number of hydrogen-bond acceptors (Lipinski definition) is 3. The van der Waals surface area contributed by atoms with Crippen LogP contribution in [0.2, 0.25) is 0 Å².